The van der Waals surface area contributed by atoms with Crippen LogP contribution in [0.4, 0.5) is 0 Å². The molecule has 0 aliphatic heterocycles. The zero-order chi connectivity index (χ0) is 14.9. The molecule has 0 bridgehead atoms. The fourth-order valence-electron chi connectivity index (χ4n) is 1.93. The molecule has 0 fully saturated rings. The third-order valence-electron chi connectivity index (χ3n) is 3.00. The average molecular weight is 304 g/mol. The molecular weight excluding hydrogens is 286 g/mol. The molecule has 0 spiro atoms. The van der Waals surface area contributed by atoms with Crippen LogP contribution in [0.2, 0.25) is 0 Å². The van der Waals surface area contributed by atoms with Gasteiger partial charge in [-0.3, -0.25) is 4.79 Å². The Hall–Kier alpha value is -2.00. The summed E-state index contributed by atoms with van der Waals surface area (Å²) in [6, 6.07) is 17.9. The van der Waals surface area contributed by atoms with Crippen LogP contribution < -0.4 is 10.1 Å². The highest BCUT2D eigenvalue weighted by atomic mass is 35.5. The average Bonchev–Trinajstić information content (AvgIpc) is 2.54. The van der Waals surface area contributed by atoms with Crippen molar-refractivity contribution in [2.45, 2.75) is 13.0 Å². The highest BCUT2D eigenvalue weighted by molar-refractivity contribution is 6.27. The van der Waals surface area contributed by atoms with E-state index in [9.17, 15) is 4.79 Å². The van der Waals surface area contributed by atoms with E-state index in [0.717, 1.165) is 23.3 Å². The van der Waals surface area contributed by atoms with E-state index in [1.807, 2.05) is 54.6 Å². The molecule has 1 amide bonds. The molecule has 0 radical (unpaired) electrons. The summed E-state index contributed by atoms with van der Waals surface area (Å²) in [5.74, 6) is 0.688. The third-order valence-corrected chi connectivity index (χ3v) is 3.25. The summed E-state index contributed by atoms with van der Waals surface area (Å²) < 4.78 is 5.77. The Kier molecular flexibility index (Phi) is 6.10. The Morgan fingerprint density at radius 3 is 2.57 bits per heavy atom. The second-order valence-corrected chi connectivity index (χ2v) is 4.92. The van der Waals surface area contributed by atoms with E-state index in [1.165, 1.54) is 0 Å². The number of amides is 1. The van der Waals surface area contributed by atoms with E-state index in [2.05, 4.69) is 5.32 Å². The van der Waals surface area contributed by atoms with E-state index < -0.39 is 0 Å². The Labute approximate surface area is 129 Å². The molecule has 0 saturated heterocycles. The van der Waals surface area contributed by atoms with E-state index in [4.69, 9.17) is 16.3 Å². The molecule has 0 aliphatic rings. The molecule has 0 atom stereocenters. The van der Waals surface area contributed by atoms with E-state index >= 15 is 0 Å². The van der Waals surface area contributed by atoms with E-state index in [1.54, 1.807) is 0 Å². The molecule has 0 aromatic heterocycles. The molecule has 0 heterocycles. The number of hydrogen-bond donors (Lipinski definition) is 1. The van der Waals surface area contributed by atoms with Crippen LogP contribution in [-0.2, 0) is 17.8 Å². The summed E-state index contributed by atoms with van der Waals surface area (Å²) in [5.41, 5.74) is 2.26. The number of carbonyl (C=O) groups is 1. The second kappa shape index (κ2) is 8.32. The first-order chi connectivity index (χ1) is 10.3. The van der Waals surface area contributed by atoms with Crippen molar-refractivity contribution in [3.8, 4) is 5.75 Å². The van der Waals surface area contributed by atoms with Crippen molar-refractivity contribution >= 4 is 17.5 Å². The lowest BCUT2D eigenvalue weighted by atomic mass is 10.1. The fraction of sp³-hybridized carbons (Fsp3) is 0.235. The van der Waals surface area contributed by atoms with Crippen molar-refractivity contribution in [1.82, 2.24) is 5.32 Å². The summed E-state index contributed by atoms with van der Waals surface area (Å²) in [7, 11) is 0. The molecule has 2 aromatic rings. The van der Waals surface area contributed by atoms with Gasteiger partial charge in [0, 0.05) is 6.54 Å². The number of nitrogens with one attached hydrogen (secondary N) is 1. The van der Waals surface area contributed by atoms with Gasteiger partial charge in [-0.15, -0.1) is 11.6 Å². The maximum atomic E-state index is 11.1. The van der Waals surface area contributed by atoms with Crippen LogP contribution in [0.5, 0.6) is 5.75 Å². The van der Waals surface area contributed by atoms with Gasteiger partial charge in [-0.2, -0.15) is 0 Å². The molecule has 0 saturated carbocycles. The number of alkyl halides is 1. The van der Waals surface area contributed by atoms with Crippen molar-refractivity contribution < 1.29 is 9.53 Å². The highest BCUT2D eigenvalue weighted by Gasteiger charge is 2.00. The first-order valence-electron chi connectivity index (χ1n) is 6.86. The third kappa shape index (κ3) is 5.48. The number of benzene rings is 2. The number of halogens is 1. The standard InChI is InChI=1S/C17H18ClNO2/c18-12-17(20)19-10-9-14-7-4-8-16(11-14)21-13-15-5-2-1-3-6-15/h1-8,11H,9-10,12-13H2,(H,19,20). The monoisotopic (exact) mass is 303 g/mol. The summed E-state index contributed by atoms with van der Waals surface area (Å²) in [6.07, 6.45) is 0.755. The van der Waals surface area contributed by atoms with Gasteiger partial charge >= 0.3 is 0 Å². The van der Waals surface area contributed by atoms with Crippen molar-refractivity contribution in [3.63, 3.8) is 0 Å². The lowest BCUT2D eigenvalue weighted by Crippen LogP contribution is -2.26. The molecule has 0 unspecified atom stereocenters. The van der Waals surface area contributed by atoms with Crippen molar-refractivity contribution in [2.75, 3.05) is 12.4 Å². The zero-order valence-corrected chi connectivity index (χ0v) is 12.5. The minimum absolute atomic E-state index is 0.000225. The lowest BCUT2D eigenvalue weighted by molar-refractivity contribution is -0.118. The molecule has 21 heavy (non-hydrogen) atoms. The minimum Gasteiger partial charge on any atom is -0.489 e. The quantitative estimate of drug-likeness (QED) is 0.798. The van der Waals surface area contributed by atoms with Gasteiger partial charge in [-0.25, -0.2) is 0 Å². The molecule has 2 rings (SSSR count). The Morgan fingerprint density at radius 2 is 1.81 bits per heavy atom. The summed E-state index contributed by atoms with van der Waals surface area (Å²) in [5, 5.41) is 2.75. The maximum Gasteiger partial charge on any atom is 0.234 e. The summed E-state index contributed by atoms with van der Waals surface area (Å²) in [4.78, 5) is 11.1. The number of hydrogen-bond acceptors (Lipinski definition) is 2. The lowest BCUT2D eigenvalue weighted by Gasteiger charge is -2.08. The molecule has 3 nitrogen and oxygen atoms in total. The number of rotatable bonds is 7. The summed E-state index contributed by atoms with van der Waals surface area (Å²) in [6.45, 7) is 1.13. The Morgan fingerprint density at radius 1 is 1.05 bits per heavy atom. The minimum atomic E-state index is -0.145. The van der Waals surface area contributed by atoms with E-state index in [-0.39, 0.29) is 11.8 Å². The molecule has 110 valence electrons. The molecular formula is C17H18ClNO2. The maximum absolute atomic E-state index is 11.1. The fourth-order valence-corrected chi connectivity index (χ4v) is 2.02. The smallest absolute Gasteiger partial charge is 0.234 e. The van der Waals surface area contributed by atoms with Crippen LogP contribution in [0.3, 0.4) is 0 Å². The van der Waals surface area contributed by atoms with Gasteiger partial charge in [-0.05, 0) is 29.7 Å². The topological polar surface area (TPSA) is 38.3 Å². The Balaban J connectivity index is 1.84. The van der Waals surface area contributed by atoms with Crippen LogP contribution in [0.1, 0.15) is 11.1 Å². The highest BCUT2D eigenvalue weighted by Crippen LogP contribution is 2.15. The largest absolute Gasteiger partial charge is 0.489 e. The molecule has 0 aliphatic carbocycles. The first-order valence-corrected chi connectivity index (χ1v) is 7.39. The van der Waals surface area contributed by atoms with Crippen molar-refractivity contribution in [2.24, 2.45) is 0 Å². The van der Waals surface area contributed by atoms with Gasteiger partial charge in [-0.1, -0.05) is 42.5 Å². The van der Waals surface area contributed by atoms with Crippen LogP contribution in [-0.4, -0.2) is 18.3 Å². The van der Waals surface area contributed by atoms with Crippen LogP contribution in [0, 0.1) is 0 Å². The molecule has 1 N–H and O–H groups in total. The SMILES string of the molecule is O=C(CCl)NCCc1cccc(OCc2ccccc2)c1. The molecule has 2 aromatic carbocycles. The van der Waals surface area contributed by atoms with Crippen LogP contribution in [0.25, 0.3) is 0 Å². The van der Waals surface area contributed by atoms with Gasteiger partial charge in [0.1, 0.15) is 18.2 Å². The van der Waals surface area contributed by atoms with Gasteiger partial charge in [0.25, 0.3) is 0 Å². The zero-order valence-electron chi connectivity index (χ0n) is 11.7. The number of ether oxygens (including phenoxy) is 1. The van der Waals surface area contributed by atoms with Gasteiger partial charge < -0.3 is 10.1 Å². The predicted molar refractivity (Wildman–Crippen MR) is 84.6 cm³/mol. The van der Waals surface area contributed by atoms with Crippen molar-refractivity contribution in [3.05, 3.63) is 65.7 Å². The van der Waals surface area contributed by atoms with E-state index in [0.29, 0.717) is 13.2 Å². The predicted octanol–water partition coefficient (Wildman–Crippen LogP) is 3.16. The van der Waals surface area contributed by atoms with Crippen LogP contribution in [0.15, 0.2) is 54.6 Å². The second-order valence-electron chi connectivity index (χ2n) is 4.66. The van der Waals surface area contributed by atoms with Gasteiger partial charge in [0.15, 0.2) is 0 Å². The molecule has 4 heteroatoms. The van der Waals surface area contributed by atoms with Gasteiger partial charge in [0.2, 0.25) is 5.91 Å². The van der Waals surface area contributed by atoms with Gasteiger partial charge in [0.05, 0.1) is 0 Å². The normalized spacial score (nSPS) is 10.1. The van der Waals surface area contributed by atoms with Crippen LogP contribution >= 0.6 is 11.6 Å². The van der Waals surface area contributed by atoms with Crippen molar-refractivity contribution in [1.29, 1.82) is 0 Å². The Bertz CT molecular complexity index is 572. The first kappa shape index (κ1) is 15.4. The number of carbonyl (C=O) groups excluding carboxylic acids is 1. The summed E-state index contributed by atoms with van der Waals surface area (Å²) >= 11 is 5.43.